The maximum absolute atomic E-state index is 12.3. The largest absolute Gasteiger partial charge is 0.441 e. The van der Waals surface area contributed by atoms with E-state index < -0.39 is 5.51 Å². The Morgan fingerprint density at radius 1 is 1.16 bits per heavy atom. The smallest absolute Gasteiger partial charge is 0.313 e. The third-order valence-corrected chi connectivity index (χ3v) is 6.02. The molecule has 3 aliphatic rings. The number of thioether (sulfide) groups is 1. The summed E-state index contributed by atoms with van der Waals surface area (Å²) < 4.78 is 36.9. The Hall–Kier alpha value is 0.1000. The van der Waals surface area contributed by atoms with E-state index in [1.165, 1.54) is 32.1 Å². The van der Waals surface area contributed by atoms with Crippen LogP contribution in [0.5, 0.6) is 0 Å². The Morgan fingerprint density at radius 3 is 2.47 bits per heavy atom. The normalized spacial score (nSPS) is 38.1. The van der Waals surface area contributed by atoms with Gasteiger partial charge in [0.05, 0.1) is 0 Å². The van der Waals surface area contributed by atoms with Gasteiger partial charge in [-0.2, -0.15) is 13.2 Å². The highest BCUT2D eigenvalue weighted by Gasteiger charge is 2.50. The Balaban J connectivity index is 1.56. The number of halogens is 3. The van der Waals surface area contributed by atoms with Crippen molar-refractivity contribution >= 4 is 11.8 Å². The van der Waals surface area contributed by atoms with Gasteiger partial charge in [-0.3, -0.25) is 0 Å². The first-order chi connectivity index (χ1) is 8.97. The van der Waals surface area contributed by atoms with Crippen molar-refractivity contribution in [3.05, 3.63) is 0 Å². The zero-order valence-corrected chi connectivity index (χ0v) is 12.0. The van der Waals surface area contributed by atoms with E-state index in [0.717, 1.165) is 25.3 Å². The van der Waals surface area contributed by atoms with E-state index in [0.29, 0.717) is 12.0 Å². The van der Waals surface area contributed by atoms with E-state index in [2.05, 4.69) is 5.32 Å². The molecular weight excluding hydrogens is 271 g/mol. The highest BCUT2D eigenvalue weighted by Crippen LogP contribution is 2.58. The fourth-order valence-corrected chi connectivity index (χ4v) is 4.91. The van der Waals surface area contributed by atoms with Crippen molar-refractivity contribution in [2.24, 2.45) is 17.3 Å². The standard InChI is InChI=1S/C14H22F3NS/c15-14(16,17)19-6-5-13(9-18-12-3-4-12)8-10-1-2-11(13)7-10/h10-12,18H,1-9H2. The van der Waals surface area contributed by atoms with Crippen LogP contribution in [0.4, 0.5) is 13.2 Å². The topological polar surface area (TPSA) is 12.0 Å². The number of nitrogens with one attached hydrogen (secondary N) is 1. The molecule has 0 aromatic heterocycles. The summed E-state index contributed by atoms with van der Waals surface area (Å²) >= 11 is 0.168. The molecule has 0 amide bonds. The van der Waals surface area contributed by atoms with Crippen LogP contribution >= 0.6 is 11.8 Å². The summed E-state index contributed by atoms with van der Waals surface area (Å²) in [6.07, 6.45) is 8.22. The SMILES string of the molecule is FC(F)(F)SCCC1(CNC2CC2)CC2CCC1C2. The molecule has 5 heteroatoms. The van der Waals surface area contributed by atoms with Crippen molar-refractivity contribution < 1.29 is 13.2 Å². The molecule has 0 radical (unpaired) electrons. The summed E-state index contributed by atoms with van der Waals surface area (Å²) in [5, 5.41) is 3.58. The molecule has 3 aliphatic carbocycles. The van der Waals surface area contributed by atoms with Gasteiger partial charge in [-0.05, 0) is 55.8 Å². The lowest BCUT2D eigenvalue weighted by Crippen LogP contribution is -2.40. The second-order valence-electron chi connectivity index (χ2n) is 6.64. The zero-order valence-electron chi connectivity index (χ0n) is 11.1. The van der Waals surface area contributed by atoms with Gasteiger partial charge in [-0.1, -0.05) is 18.2 Å². The van der Waals surface area contributed by atoms with Crippen molar-refractivity contribution in [3.63, 3.8) is 0 Å². The lowest BCUT2D eigenvalue weighted by Gasteiger charge is -2.38. The molecule has 0 aliphatic heterocycles. The average molecular weight is 293 g/mol. The van der Waals surface area contributed by atoms with Gasteiger partial charge in [0.25, 0.3) is 0 Å². The molecular formula is C14H22F3NS. The molecule has 2 bridgehead atoms. The number of alkyl halides is 3. The Bertz CT molecular complexity index is 329. The van der Waals surface area contributed by atoms with Gasteiger partial charge in [-0.15, -0.1) is 0 Å². The molecule has 3 saturated carbocycles. The Labute approximate surface area is 117 Å². The van der Waals surface area contributed by atoms with Crippen molar-refractivity contribution in [2.45, 2.75) is 56.5 Å². The van der Waals surface area contributed by atoms with Crippen molar-refractivity contribution in [3.8, 4) is 0 Å². The van der Waals surface area contributed by atoms with Crippen LogP contribution in [0.25, 0.3) is 0 Å². The van der Waals surface area contributed by atoms with E-state index in [4.69, 9.17) is 0 Å². The first-order valence-corrected chi connectivity index (χ1v) is 8.39. The predicted octanol–water partition coefficient (Wildman–Crippen LogP) is 4.19. The molecule has 0 saturated heterocycles. The second kappa shape index (κ2) is 5.14. The van der Waals surface area contributed by atoms with Gasteiger partial charge in [-0.25, -0.2) is 0 Å². The van der Waals surface area contributed by atoms with Gasteiger partial charge in [0.1, 0.15) is 0 Å². The van der Waals surface area contributed by atoms with Crippen molar-refractivity contribution in [1.29, 1.82) is 0 Å². The average Bonchev–Trinajstić information content (AvgIpc) is 2.95. The highest BCUT2D eigenvalue weighted by molar-refractivity contribution is 8.00. The summed E-state index contributed by atoms with van der Waals surface area (Å²) in [5.41, 5.74) is -3.90. The predicted molar refractivity (Wildman–Crippen MR) is 72.0 cm³/mol. The number of rotatable bonds is 6. The monoisotopic (exact) mass is 293 g/mol. The van der Waals surface area contributed by atoms with Gasteiger partial charge in [0, 0.05) is 18.3 Å². The molecule has 110 valence electrons. The minimum atomic E-state index is -4.07. The summed E-state index contributed by atoms with van der Waals surface area (Å²) in [5.74, 6) is 1.71. The number of hydrogen-bond donors (Lipinski definition) is 1. The van der Waals surface area contributed by atoms with Crippen molar-refractivity contribution in [1.82, 2.24) is 5.32 Å². The molecule has 19 heavy (non-hydrogen) atoms. The minimum absolute atomic E-state index is 0.168. The molecule has 0 aromatic rings. The molecule has 0 heterocycles. The van der Waals surface area contributed by atoms with Crippen LogP contribution in [0, 0.1) is 17.3 Å². The van der Waals surface area contributed by atoms with Crippen LogP contribution in [0.15, 0.2) is 0 Å². The molecule has 3 fully saturated rings. The maximum Gasteiger partial charge on any atom is 0.441 e. The maximum atomic E-state index is 12.3. The van der Waals surface area contributed by atoms with Crippen LogP contribution in [0.1, 0.15) is 44.9 Å². The zero-order chi connectivity index (χ0) is 13.5. The third-order valence-electron chi connectivity index (χ3n) is 5.29. The van der Waals surface area contributed by atoms with E-state index in [9.17, 15) is 13.2 Å². The minimum Gasteiger partial charge on any atom is -0.313 e. The van der Waals surface area contributed by atoms with Gasteiger partial charge < -0.3 is 5.32 Å². The van der Waals surface area contributed by atoms with Crippen molar-refractivity contribution in [2.75, 3.05) is 12.3 Å². The summed E-state index contributed by atoms with van der Waals surface area (Å²) in [7, 11) is 0. The molecule has 1 nitrogen and oxygen atoms in total. The highest BCUT2D eigenvalue weighted by atomic mass is 32.2. The molecule has 3 atom stereocenters. The van der Waals surface area contributed by atoms with E-state index in [1.807, 2.05) is 0 Å². The fraction of sp³-hybridized carbons (Fsp3) is 1.00. The number of hydrogen-bond acceptors (Lipinski definition) is 2. The molecule has 1 N–H and O–H groups in total. The van der Waals surface area contributed by atoms with E-state index in [1.54, 1.807) is 0 Å². The van der Waals surface area contributed by atoms with Crippen LogP contribution in [-0.2, 0) is 0 Å². The molecule has 3 unspecified atom stereocenters. The van der Waals surface area contributed by atoms with Gasteiger partial charge in [0.15, 0.2) is 0 Å². The lowest BCUT2D eigenvalue weighted by atomic mass is 9.71. The van der Waals surface area contributed by atoms with Gasteiger partial charge in [0.2, 0.25) is 0 Å². The quantitative estimate of drug-likeness (QED) is 0.788. The van der Waals surface area contributed by atoms with Crippen LogP contribution in [0.3, 0.4) is 0 Å². The summed E-state index contributed by atoms with van der Waals surface area (Å²) in [4.78, 5) is 0. The molecule has 0 spiro atoms. The lowest BCUT2D eigenvalue weighted by molar-refractivity contribution is -0.0330. The molecule has 3 rings (SSSR count). The van der Waals surface area contributed by atoms with E-state index in [-0.39, 0.29) is 22.9 Å². The first-order valence-electron chi connectivity index (χ1n) is 7.41. The molecule has 0 aromatic carbocycles. The third kappa shape index (κ3) is 3.41. The Kier molecular flexibility index (Phi) is 3.80. The number of fused-ring (bicyclic) bond motifs is 2. The van der Waals surface area contributed by atoms with Crippen LogP contribution < -0.4 is 5.32 Å². The van der Waals surface area contributed by atoms with Crippen LogP contribution in [-0.4, -0.2) is 23.8 Å². The van der Waals surface area contributed by atoms with E-state index >= 15 is 0 Å². The van der Waals surface area contributed by atoms with Crippen LogP contribution in [0.2, 0.25) is 0 Å². The first kappa shape index (κ1) is 14.1. The Morgan fingerprint density at radius 2 is 1.95 bits per heavy atom. The summed E-state index contributed by atoms with van der Waals surface area (Å²) in [6, 6.07) is 0.659. The fourth-order valence-electron chi connectivity index (χ4n) is 4.17. The second-order valence-corrected chi connectivity index (χ2v) is 7.80. The van der Waals surface area contributed by atoms with Gasteiger partial charge >= 0.3 is 5.51 Å². The summed E-state index contributed by atoms with van der Waals surface area (Å²) in [6.45, 7) is 0.956.